The van der Waals surface area contributed by atoms with Crippen LogP contribution in [0.4, 0.5) is 0 Å². The second-order valence-electron chi connectivity index (χ2n) is 4.81. The molecule has 3 nitrogen and oxygen atoms in total. The largest absolute Gasteiger partial charge is 0.361 e. The number of nitrogens with zero attached hydrogens (tertiary/aromatic N) is 1. The van der Waals surface area contributed by atoms with E-state index >= 15 is 0 Å². The Morgan fingerprint density at radius 2 is 2.22 bits per heavy atom. The Bertz CT molecular complexity index is 578. The van der Waals surface area contributed by atoms with Crippen molar-refractivity contribution in [1.82, 2.24) is 9.88 Å². The third-order valence-corrected chi connectivity index (χ3v) is 3.87. The van der Waals surface area contributed by atoms with Gasteiger partial charge in [0.05, 0.1) is 0 Å². The summed E-state index contributed by atoms with van der Waals surface area (Å²) in [5, 5.41) is 1.46. The number of aromatic nitrogens is 1. The van der Waals surface area contributed by atoms with Crippen LogP contribution in [-0.4, -0.2) is 34.1 Å². The predicted octanol–water partition coefficient (Wildman–Crippen LogP) is 2.24. The fourth-order valence-electron chi connectivity index (χ4n) is 2.56. The fraction of sp³-hybridized carbons (Fsp3) is 0.357. The Balaban J connectivity index is 1.72. The highest BCUT2D eigenvalue weighted by atomic mass is 32.1. The molecule has 1 aliphatic heterocycles. The lowest BCUT2D eigenvalue weighted by Gasteiger charge is -2.15. The lowest BCUT2D eigenvalue weighted by Crippen LogP contribution is -2.27. The number of benzene rings is 1. The second kappa shape index (κ2) is 4.69. The van der Waals surface area contributed by atoms with Crippen molar-refractivity contribution in [2.45, 2.75) is 18.1 Å². The summed E-state index contributed by atoms with van der Waals surface area (Å²) in [4.78, 5) is 16.9. The number of thiol groups is 1. The van der Waals surface area contributed by atoms with E-state index in [0.29, 0.717) is 6.42 Å². The van der Waals surface area contributed by atoms with Gasteiger partial charge < -0.3 is 9.88 Å². The van der Waals surface area contributed by atoms with Gasteiger partial charge in [0.1, 0.15) is 0 Å². The first-order chi connectivity index (χ1) is 8.74. The minimum atomic E-state index is 0.209. The average molecular weight is 260 g/mol. The van der Waals surface area contributed by atoms with E-state index in [9.17, 15) is 4.79 Å². The number of amides is 1. The van der Waals surface area contributed by atoms with Crippen LogP contribution >= 0.6 is 12.6 Å². The highest BCUT2D eigenvalue weighted by Gasteiger charge is 2.26. The van der Waals surface area contributed by atoms with Crippen LogP contribution in [0.1, 0.15) is 12.0 Å². The molecule has 4 heteroatoms. The van der Waals surface area contributed by atoms with E-state index in [4.69, 9.17) is 0 Å². The molecule has 0 spiro atoms. The van der Waals surface area contributed by atoms with Gasteiger partial charge in [-0.3, -0.25) is 4.79 Å². The minimum Gasteiger partial charge on any atom is -0.361 e. The molecule has 1 fully saturated rings. The molecule has 0 radical (unpaired) electrons. The lowest BCUT2D eigenvalue weighted by atomic mass is 10.1. The fourth-order valence-corrected chi connectivity index (χ4v) is 2.91. The van der Waals surface area contributed by atoms with Crippen LogP contribution in [0.25, 0.3) is 10.9 Å². The van der Waals surface area contributed by atoms with Crippen molar-refractivity contribution in [2.24, 2.45) is 0 Å². The molecule has 2 heterocycles. The van der Waals surface area contributed by atoms with Crippen molar-refractivity contribution in [2.75, 3.05) is 13.1 Å². The smallest absolute Gasteiger partial charge is 0.223 e. The molecule has 18 heavy (non-hydrogen) atoms. The number of carbonyl (C=O) groups excluding carboxylic acids is 1. The Hall–Kier alpha value is -1.42. The SMILES string of the molecule is O=C1CC(S)CN1CCc1c[nH]c2ccccc12. The van der Waals surface area contributed by atoms with Gasteiger partial charge in [-0.1, -0.05) is 18.2 Å². The zero-order valence-corrected chi connectivity index (χ0v) is 11.0. The highest BCUT2D eigenvalue weighted by molar-refractivity contribution is 7.81. The first kappa shape index (κ1) is 11.7. The van der Waals surface area contributed by atoms with Crippen molar-refractivity contribution in [3.63, 3.8) is 0 Å². The van der Waals surface area contributed by atoms with Crippen LogP contribution in [0.5, 0.6) is 0 Å². The number of hydrogen-bond donors (Lipinski definition) is 2. The summed E-state index contributed by atoms with van der Waals surface area (Å²) in [6.07, 6.45) is 3.52. The van der Waals surface area contributed by atoms with Gasteiger partial charge in [-0.15, -0.1) is 0 Å². The van der Waals surface area contributed by atoms with Gasteiger partial charge in [0.25, 0.3) is 0 Å². The van der Waals surface area contributed by atoms with Gasteiger partial charge in [0.2, 0.25) is 5.91 Å². The maximum absolute atomic E-state index is 11.7. The molecule has 1 aliphatic rings. The van der Waals surface area contributed by atoms with Crippen molar-refractivity contribution in [1.29, 1.82) is 0 Å². The standard InChI is InChI=1S/C14H16N2OS/c17-14-7-11(18)9-16(14)6-5-10-8-15-13-4-2-1-3-12(10)13/h1-4,8,11,15,18H,5-7,9H2. The molecule has 1 unspecified atom stereocenters. The van der Waals surface area contributed by atoms with Crippen LogP contribution in [0, 0.1) is 0 Å². The highest BCUT2D eigenvalue weighted by Crippen LogP contribution is 2.20. The molecule has 2 aromatic rings. The van der Waals surface area contributed by atoms with Gasteiger partial charge in [-0.05, 0) is 18.1 Å². The Morgan fingerprint density at radius 3 is 3.00 bits per heavy atom. The minimum absolute atomic E-state index is 0.209. The van der Waals surface area contributed by atoms with Crippen molar-refractivity contribution < 1.29 is 4.79 Å². The summed E-state index contributed by atoms with van der Waals surface area (Å²) < 4.78 is 0. The molecule has 1 saturated heterocycles. The van der Waals surface area contributed by atoms with Gasteiger partial charge in [-0.25, -0.2) is 0 Å². The summed E-state index contributed by atoms with van der Waals surface area (Å²) in [5.74, 6) is 0.231. The lowest BCUT2D eigenvalue weighted by molar-refractivity contribution is -0.127. The maximum Gasteiger partial charge on any atom is 0.223 e. The second-order valence-corrected chi connectivity index (χ2v) is 5.54. The predicted molar refractivity (Wildman–Crippen MR) is 76.0 cm³/mol. The molecule has 1 aromatic carbocycles. The Labute approximate surface area is 112 Å². The third kappa shape index (κ3) is 2.12. The number of hydrogen-bond acceptors (Lipinski definition) is 2. The number of carbonyl (C=O) groups is 1. The quantitative estimate of drug-likeness (QED) is 0.816. The number of para-hydroxylation sites is 1. The van der Waals surface area contributed by atoms with E-state index in [1.807, 2.05) is 23.2 Å². The van der Waals surface area contributed by atoms with E-state index in [0.717, 1.165) is 25.0 Å². The van der Waals surface area contributed by atoms with Crippen molar-refractivity contribution >= 4 is 29.4 Å². The normalized spacial score (nSPS) is 19.9. The van der Waals surface area contributed by atoms with Crippen molar-refractivity contribution in [3.8, 4) is 0 Å². The number of nitrogens with one attached hydrogen (secondary N) is 1. The van der Waals surface area contributed by atoms with Crippen LogP contribution in [-0.2, 0) is 11.2 Å². The summed E-state index contributed by atoms with van der Waals surface area (Å²) in [6.45, 7) is 1.57. The molecule has 1 amide bonds. The Kier molecular flexibility index (Phi) is 3.04. The third-order valence-electron chi connectivity index (χ3n) is 3.52. The molecule has 0 aliphatic carbocycles. The van der Waals surface area contributed by atoms with Crippen LogP contribution in [0.3, 0.4) is 0 Å². The van der Waals surface area contributed by atoms with Crippen LogP contribution in [0.2, 0.25) is 0 Å². The number of fused-ring (bicyclic) bond motifs is 1. The number of likely N-dealkylation sites (tertiary alicyclic amines) is 1. The summed E-state index contributed by atoms with van der Waals surface area (Å²) in [6, 6.07) is 8.26. The van der Waals surface area contributed by atoms with E-state index in [1.54, 1.807) is 0 Å². The van der Waals surface area contributed by atoms with Gasteiger partial charge in [-0.2, -0.15) is 12.6 Å². The van der Waals surface area contributed by atoms with Gasteiger partial charge >= 0.3 is 0 Å². The van der Waals surface area contributed by atoms with E-state index < -0.39 is 0 Å². The van der Waals surface area contributed by atoms with Crippen LogP contribution in [0.15, 0.2) is 30.5 Å². The van der Waals surface area contributed by atoms with Crippen molar-refractivity contribution in [3.05, 3.63) is 36.0 Å². The van der Waals surface area contributed by atoms with Gasteiger partial charge in [0.15, 0.2) is 0 Å². The molecular formula is C14H16N2OS. The summed E-state index contributed by atoms with van der Waals surface area (Å²) in [5.41, 5.74) is 2.44. The number of rotatable bonds is 3. The zero-order chi connectivity index (χ0) is 12.5. The zero-order valence-electron chi connectivity index (χ0n) is 10.1. The molecule has 1 N–H and O–H groups in total. The maximum atomic E-state index is 11.7. The number of aromatic amines is 1. The summed E-state index contributed by atoms with van der Waals surface area (Å²) >= 11 is 4.37. The van der Waals surface area contributed by atoms with Gasteiger partial charge in [0, 0.05) is 41.9 Å². The molecule has 0 bridgehead atoms. The van der Waals surface area contributed by atoms with E-state index in [1.165, 1.54) is 10.9 Å². The molecule has 3 rings (SSSR count). The molecule has 94 valence electrons. The molecule has 1 atom stereocenters. The van der Waals surface area contributed by atoms with E-state index in [2.05, 4.69) is 29.7 Å². The monoisotopic (exact) mass is 260 g/mol. The van der Waals surface area contributed by atoms with E-state index in [-0.39, 0.29) is 11.2 Å². The van der Waals surface area contributed by atoms with Crippen LogP contribution < -0.4 is 0 Å². The first-order valence-electron chi connectivity index (χ1n) is 6.25. The molecule has 0 saturated carbocycles. The molecule has 1 aromatic heterocycles. The first-order valence-corrected chi connectivity index (χ1v) is 6.76. The Morgan fingerprint density at radius 1 is 1.39 bits per heavy atom. The topological polar surface area (TPSA) is 36.1 Å². The summed E-state index contributed by atoms with van der Waals surface area (Å²) in [7, 11) is 0. The molecular weight excluding hydrogens is 244 g/mol. The average Bonchev–Trinajstić information content (AvgIpc) is 2.90. The number of H-pyrrole nitrogens is 1.